The summed E-state index contributed by atoms with van der Waals surface area (Å²) in [6, 6.07) is 0. The van der Waals surface area contributed by atoms with Gasteiger partial charge in [0.2, 0.25) is 10.4 Å². The first kappa shape index (κ1) is 30.0. The van der Waals surface area contributed by atoms with E-state index >= 15 is 0 Å². The Morgan fingerprint density at radius 1 is 0.923 bits per heavy atom. The van der Waals surface area contributed by atoms with Gasteiger partial charge >= 0.3 is 5.97 Å². The lowest BCUT2D eigenvalue weighted by Gasteiger charge is -2.20. The molecule has 0 heterocycles. The number of carbonyl (C=O) groups is 1. The van der Waals surface area contributed by atoms with Crippen LogP contribution in [0.1, 0.15) is 71.1 Å². The van der Waals surface area contributed by atoms with Crippen LogP contribution in [0, 0.1) is 0 Å². The van der Waals surface area contributed by atoms with Crippen molar-refractivity contribution in [2.45, 2.75) is 71.1 Å². The second-order valence-electron chi connectivity index (χ2n) is 7.25. The molecule has 4 N–H and O–H groups in total. The van der Waals surface area contributed by atoms with Gasteiger partial charge < -0.3 is 20.3 Å². The van der Waals surface area contributed by atoms with Gasteiger partial charge in [0.25, 0.3) is 0 Å². The van der Waals surface area contributed by atoms with E-state index in [4.69, 9.17) is 5.11 Å². The fourth-order valence-corrected chi connectivity index (χ4v) is 2.48. The summed E-state index contributed by atoms with van der Waals surface area (Å²) in [5.74, 6) is -0.752. The van der Waals surface area contributed by atoms with Crippen molar-refractivity contribution in [2.24, 2.45) is 0 Å². The van der Waals surface area contributed by atoms with E-state index in [0.29, 0.717) is 10.9 Å². The van der Waals surface area contributed by atoms with Gasteiger partial charge in [0.15, 0.2) is 6.54 Å². The van der Waals surface area contributed by atoms with Crippen molar-refractivity contribution in [3.8, 4) is 0 Å². The topological polar surface area (TPSA) is 139 Å². The van der Waals surface area contributed by atoms with Crippen LogP contribution < -0.4 is 6.15 Å². The first-order valence-corrected chi connectivity index (χ1v) is 10.4. The van der Waals surface area contributed by atoms with E-state index in [-0.39, 0.29) is 19.3 Å². The number of carboxylic acid groups (broad SMARTS) is 1. The highest BCUT2D eigenvalue weighted by Crippen LogP contribution is 2.10. The van der Waals surface area contributed by atoms with Gasteiger partial charge in [-0.05, 0) is 6.42 Å². The second kappa shape index (κ2) is 17.7. The number of carboxylic acids is 1. The lowest BCUT2D eigenvalue weighted by molar-refractivity contribution is -0.862. The van der Waals surface area contributed by atoms with Crippen LogP contribution in [-0.4, -0.2) is 62.8 Å². The summed E-state index contributed by atoms with van der Waals surface area (Å²) in [5, 5.41) is 8.23. The van der Waals surface area contributed by atoms with Crippen LogP contribution in [0.4, 0.5) is 0 Å². The van der Waals surface area contributed by atoms with Crippen LogP contribution in [0.3, 0.4) is 0 Å². The summed E-state index contributed by atoms with van der Waals surface area (Å²) >= 11 is 0. The molecule has 0 aromatic heterocycles. The zero-order valence-corrected chi connectivity index (χ0v) is 17.9. The quantitative estimate of drug-likeness (QED) is 0.197. The number of quaternary nitrogens is 1. The Labute approximate surface area is 160 Å². The Morgan fingerprint density at radius 2 is 1.31 bits per heavy atom. The maximum absolute atomic E-state index is 10.1. The third-order valence-electron chi connectivity index (χ3n) is 3.34. The van der Waals surface area contributed by atoms with Crippen molar-refractivity contribution in [2.75, 3.05) is 34.3 Å². The van der Waals surface area contributed by atoms with Gasteiger partial charge in [0, 0.05) is 0 Å². The third kappa shape index (κ3) is 34.6. The SMILES string of the molecule is CCCCCCCCCCCCOS(=O)(=O)[O-].C[N+](C)(C)CC(=O)O.N. The van der Waals surface area contributed by atoms with Gasteiger partial charge in [-0.1, -0.05) is 64.7 Å². The fraction of sp³-hybridized carbons (Fsp3) is 0.941. The number of unbranched alkanes of at least 4 members (excludes halogenated alkanes) is 9. The molecule has 160 valence electrons. The molecule has 0 unspecified atom stereocenters. The molecule has 0 fully saturated rings. The monoisotopic (exact) mass is 400 g/mol. The number of aliphatic carboxylic acids is 1. The minimum absolute atomic E-state index is 0. The Kier molecular flexibility index (Phi) is 20.4. The van der Waals surface area contributed by atoms with Crippen molar-refractivity contribution in [1.29, 1.82) is 0 Å². The minimum atomic E-state index is -4.48. The average Bonchev–Trinajstić information content (AvgIpc) is 2.41. The van der Waals surface area contributed by atoms with Crippen molar-refractivity contribution < 1.29 is 31.5 Å². The predicted octanol–water partition coefficient (Wildman–Crippen LogP) is 3.32. The van der Waals surface area contributed by atoms with Crippen molar-refractivity contribution >= 4 is 16.4 Å². The van der Waals surface area contributed by atoms with E-state index in [1.165, 1.54) is 44.9 Å². The number of rotatable bonds is 14. The summed E-state index contributed by atoms with van der Waals surface area (Å²) < 4.78 is 34.9. The van der Waals surface area contributed by atoms with Crippen LogP contribution in [0.25, 0.3) is 0 Å². The van der Waals surface area contributed by atoms with Crippen LogP contribution in [0.15, 0.2) is 0 Å². The molecule has 0 atom stereocenters. The van der Waals surface area contributed by atoms with E-state index in [9.17, 15) is 17.8 Å². The summed E-state index contributed by atoms with van der Waals surface area (Å²) in [6.45, 7) is 2.42. The van der Waals surface area contributed by atoms with Crippen molar-refractivity contribution in [3.63, 3.8) is 0 Å². The molecule has 0 aromatic rings. The Morgan fingerprint density at radius 3 is 1.58 bits per heavy atom. The summed E-state index contributed by atoms with van der Waals surface area (Å²) in [7, 11) is 1.04. The minimum Gasteiger partial charge on any atom is -0.726 e. The first-order chi connectivity index (χ1) is 11.5. The predicted molar refractivity (Wildman–Crippen MR) is 103 cm³/mol. The maximum Gasteiger partial charge on any atom is 0.359 e. The van der Waals surface area contributed by atoms with Gasteiger partial charge in [0.1, 0.15) is 0 Å². The summed E-state index contributed by atoms with van der Waals surface area (Å²) in [6.07, 6.45) is 11.7. The molecule has 9 heteroatoms. The third-order valence-corrected chi connectivity index (χ3v) is 3.79. The summed E-state index contributed by atoms with van der Waals surface area (Å²) in [5.41, 5.74) is 0. The van der Waals surface area contributed by atoms with Crippen molar-refractivity contribution in [1.82, 2.24) is 6.15 Å². The maximum atomic E-state index is 10.1. The molecule has 0 radical (unpaired) electrons. The first-order valence-electron chi connectivity index (χ1n) is 9.10. The standard InChI is InChI=1S/C12H26O4S.C5H11NO2.H3N/c1-2-3-4-5-6-7-8-9-10-11-12-16-17(13,14)15;1-6(2,3)4-5(7)8;/h2-12H2,1H3,(H,13,14,15);4H2,1-3H3;1H3. The van der Waals surface area contributed by atoms with E-state index in [1.54, 1.807) is 0 Å². The average molecular weight is 401 g/mol. The van der Waals surface area contributed by atoms with Crippen LogP contribution in [0.5, 0.6) is 0 Å². The smallest absolute Gasteiger partial charge is 0.359 e. The fourth-order valence-electron chi connectivity index (χ4n) is 2.16. The molecule has 0 aliphatic heterocycles. The van der Waals surface area contributed by atoms with E-state index in [2.05, 4.69) is 11.1 Å². The van der Waals surface area contributed by atoms with E-state index < -0.39 is 16.4 Å². The molecular weight excluding hydrogens is 360 g/mol. The molecule has 0 saturated heterocycles. The molecule has 0 aromatic carbocycles. The highest BCUT2D eigenvalue weighted by atomic mass is 32.3. The number of nitrogens with zero attached hydrogens (tertiary/aromatic N) is 1. The molecule has 0 amide bonds. The molecule has 26 heavy (non-hydrogen) atoms. The van der Waals surface area contributed by atoms with Crippen molar-refractivity contribution in [3.05, 3.63) is 0 Å². The summed E-state index contributed by atoms with van der Waals surface area (Å²) in [4.78, 5) is 10.00. The Bertz CT molecular complexity index is 421. The number of likely N-dealkylation sites (N-methyl/N-ethyl adjacent to an activating group) is 1. The number of hydrogen-bond acceptors (Lipinski definition) is 6. The second-order valence-corrected chi connectivity index (χ2v) is 8.31. The number of hydrogen-bond donors (Lipinski definition) is 2. The Balaban J connectivity index is -0.000000498. The largest absolute Gasteiger partial charge is 0.726 e. The Hall–Kier alpha value is -0.740. The molecule has 0 aliphatic rings. The highest BCUT2D eigenvalue weighted by molar-refractivity contribution is 7.80. The lowest BCUT2D eigenvalue weighted by atomic mass is 10.1. The van der Waals surface area contributed by atoms with Gasteiger partial charge in [-0.2, -0.15) is 0 Å². The van der Waals surface area contributed by atoms with Gasteiger partial charge in [-0.25, -0.2) is 13.2 Å². The van der Waals surface area contributed by atoms with Crippen LogP contribution in [-0.2, 0) is 19.4 Å². The molecule has 0 saturated carbocycles. The van der Waals surface area contributed by atoms with Gasteiger partial charge in [-0.3, -0.25) is 4.18 Å². The molecule has 0 bridgehead atoms. The molecule has 0 rings (SSSR count). The lowest BCUT2D eigenvalue weighted by Crippen LogP contribution is -2.39. The normalized spacial score (nSPS) is 11.3. The van der Waals surface area contributed by atoms with E-state index in [1.807, 2.05) is 21.1 Å². The zero-order valence-electron chi connectivity index (χ0n) is 17.0. The highest BCUT2D eigenvalue weighted by Gasteiger charge is 2.11. The van der Waals surface area contributed by atoms with Crippen LogP contribution >= 0.6 is 0 Å². The van der Waals surface area contributed by atoms with Gasteiger partial charge in [0.05, 0.1) is 27.7 Å². The molecule has 8 nitrogen and oxygen atoms in total. The molecule has 0 spiro atoms. The zero-order chi connectivity index (χ0) is 19.8. The molecular formula is C17H40N2O6S. The van der Waals surface area contributed by atoms with Crippen LogP contribution in [0.2, 0.25) is 0 Å². The van der Waals surface area contributed by atoms with Gasteiger partial charge in [-0.15, -0.1) is 0 Å². The van der Waals surface area contributed by atoms with E-state index in [0.717, 1.165) is 12.8 Å². The molecule has 0 aliphatic carbocycles.